The third-order valence-electron chi connectivity index (χ3n) is 3.30. The second-order valence-electron chi connectivity index (χ2n) is 4.52. The Morgan fingerprint density at radius 3 is 2.86 bits per heavy atom. The summed E-state index contributed by atoms with van der Waals surface area (Å²) in [5.74, 6) is 1.47. The minimum absolute atomic E-state index is 0.727. The Kier molecular flexibility index (Phi) is 2.60. The number of benzene rings is 1. The van der Waals surface area contributed by atoms with Crippen molar-refractivity contribution in [2.75, 3.05) is 13.6 Å². The number of hydrogen-bond acceptors (Lipinski definition) is 1. The second-order valence-corrected chi connectivity index (χ2v) is 4.52. The molecule has 1 aliphatic rings. The van der Waals surface area contributed by atoms with E-state index in [1.165, 1.54) is 12.0 Å². The molecule has 0 aliphatic heterocycles. The monoisotopic (exact) mass is 189 g/mol. The molecule has 1 nitrogen and oxygen atoms in total. The largest absolute Gasteiger partial charge is 0.319 e. The van der Waals surface area contributed by atoms with Gasteiger partial charge in [0.15, 0.2) is 0 Å². The van der Waals surface area contributed by atoms with Gasteiger partial charge >= 0.3 is 0 Å². The van der Waals surface area contributed by atoms with Crippen LogP contribution in [-0.2, 0) is 0 Å². The number of rotatable bonds is 2. The van der Waals surface area contributed by atoms with Crippen LogP contribution in [0.3, 0.4) is 0 Å². The molecule has 0 radical (unpaired) electrons. The fourth-order valence-electron chi connectivity index (χ4n) is 2.61. The molecule has 0 saturated heterocycles. The van der Waals surface area contributed by atoms with Crippen LogP contribution in [0.5, 0.6) is 0 Å². The molecule has 14 heavy (non-hydrogen) atoms. The molecule has 76 valence electrons. The summed E-state index contributed by atoms with van der Waals surface area (Å²) in [6, 6.07) is 6.91. The first-order chi connectivity index (χ1) is 6.72. The number of nitrogens with one attached hydrogen (secondary N) is 1. The number of fused-ring (bicyclic) bond motifs is 1. The topological polar surface area (TPSA) is 12.0 Å². The van der Waals surface area contributed by atoms with Gasteiger partial charge in [0.25, 0.3) is 0 Å². The molecule has 0 amide bonds. The molecule has 1 heteroatoms. The highest BCUT2D eigenvalue weighted by Crippen LogP contribution is 2.41. The van der Waals surface area contributed by atoms with E-state index in [1.807, 2.05) is 7.05 Å². The molecule has 0 saturated carbocycles. The zero-order valence-corrected chi connectivity index (χ0v) is 9.30. The molecular formula is C13H19N. The van der Waals surface area contributed by atoms with Crippen LogP contribution >= 0.6 is 0 Å². The van der Waals surface area contributed by atoms with E-state index in [0.29, 0.717) is 0 Å². The Morgan fingerprint density at radius 1 is 1.36 bits per heavy atom. The molecule has 1 aromatic carbocycles. The summed E-state index contributed by atoms with van der Waals surface area (Å²) in [7, 11) is 2.04. The highest BCUT2D eigenvalue weighted by molar-refractivity contribution is 5.40. The summed E-state index contributed by atoms with van der Waals surface area (Å²) in [5, 5.41) is 3.29. The summed E-state index contributed by atoms with van der Waals surface area (Å²) in [5.41, 5.74) is 4.53. The van der Waals surface area contributed by atoms with Crippen LogP contribution < -0.4 is 5.32 Å². The summed E-state index contributed by atoms with van der Waals surface area (Å²) in [6.07, 6.45) is 1.31. The fourth-order valence-corrected chi connectivity index (χ4v) is 2.61. The van der Waals surface area contributed by atoms with Gasteiger partial charge in [0.2, 0.25) is 0 Å². The molecule has 0 bridgehead atoms. The third kappa shape index (κ3) is 1.57. The standard InChI is InChI=1S/C13H19N/c1-9-4-5-12-11(8-14-3)7-10(2)13(12)6-9/h4-6,10-11,14H,7-8H2,1-3H3. The Labute approximate surface area is 86.5 Å². The van der Waals surface area contributed by atoms with Crippen LogP contribution in [0.1, 0.15) is 41.9 Å². The molecule has 0 fully saturated rings. The van der Waals surface area contributed by atoms with Gasteiger partial charge in [0.05, 0.1) is 0 Å². The van der Waals surface area contributed by atoms with Crippen molar-refractivity contribution >= 4 is 0 Å². The molecule has 0 aromatic heterocycles. The van der Waals surface area contributed by atoms with Crippen molar-refractivity contribution < 1.29 is 0 Å². The van der Waals surface area contributed by atoms with Crippen molar-refractivity contribution in [2.45, 2.75) is 32.1 Å². The zero-order valence-electron chi connectivity index (χ0n) is 9.30. The summed E-state index contributed by atoms with van der Waals surface area (Å²) in [4.78, 5) is 0. The molecule has 2 unspecified atom stereocenters. The molecule has 0 spiro atoms. The highest BCUT2D eigenvalue weighted by atomic mass is 14.8. The Hall–Kier alpha value is -0.820. The van der Waals surface area contributed by atoms with Crippen molar-refractivity contribution in [3.05, 3.63) is 34.9 Å². The van der Waals surface area contributed by atoms with Crippen molar-refractivity contribution in [2.24, 2.45) is 0 Å². The van der Waals surface area contributed by atoms with Gasteiger partial charge in [-0.05, 0) is 43.4 Å². The predicted octanol–water partition coefficient (Wildman–Crippen LogP) is 2.81. The molecule has 1 N–H and O–H groups in total. The lowest BCUT2D eigenvalue weighted by Crippen LogP contribution is -2.15. The van der Waals surface area contributed by atoms with Crippen LogP contribution in [0, 0.1) is 6.92 Å². The minimum Gasteiger partial charge on any atom is -0.319 e. The Bertz CT molecular complexity index is 330. The first-order valence-corrected chi connectivity index (χ1v) is 5.47. The second kappa shape index (κ2) is 3.74. The smallest absolute Gasteiger partial charge is 0.00174 e. The number of likely N-dealkylation sites (N-methyl/N-ethyl adjacent to an activating group) is 1. The SMILES string of the molecule is CNCC1CC(C)c2cc(C)ccc21. The van der Waals surface area contributed by atoms with Gasteiger partial charge in [0, 0.05) is 6.54 Å². The van der Waals surface area contributed by atoms with E-state index in [4.69, 9.17) is 0 Å². The highest BCUT2D eigenvalue weighted by Gasteiger charge is 2.27. The summed E-state index contributed by atoms with van der Waals surface area (Å²) in [6.45, 7) is 5.63. The van der Waals surface area contributed by atoms with Crippen LogP contribution in [0.25, 0.3) is 0 Å². The lowest BCUT2D eigenvalue weighted by Gasteiger charge is -2.10. The predicted molar refractivity (Wildman–Crippen MR) is 60.9 cm³/mol. The maximum Gasteiger partial charge on any atom is 0.00174 e. The van der Waals surface area contributed by atoms with E-state index in [1.54, 1.807) is 11.1 Å². The molecule has 1 aliphatic carbocycles. The lowest BCUT2D eigenvalue weighted by atomic mass is 10.00. The van der Waals surface area contributed by atoms with E-state index >= 15 is 0 Å². The average Bonchev–Trinajstić information content (AvgIpc) is 2.44. The van der Waals surface area contributed by atoms with E-state index in [9.17, 15) is 0 Å². The van der Waals surface area contributed by atoms with Gasteiger partial charge in [-0.2, -0.15) is 0 Å². The summed E-state index contributed by atoms with van der Waals surface area (Å²) >= 11 is 0. The van der Waals surface area contributed by atoms with E-state index in [-0.39, 0.29) is 0 Å². The van der Waals surface area contributed by atoms with Crippen LogP contribution in [-0.4, -0.2) is 13.6 Å². The molecule has 2 rings (SSSR count). The van der Waals surface area contributed by atoms with Crippen molar-refractivity contribution in [3.63, 3.8) is 0 Å². The Morgan fingerprint density at radius 2 is 2.14 bits per heavy atom. The third-order valence-corrected chi connectivity index (χ3v) is 3.30. The van der Waals surface area contributed by atoms with Gasteiger partial charge in [-0.3, -0.25) is 0 Å². The first-order valence-electron chi connectivity index (χ1n) is 5.47. The van der Waals surface area contributed by atoms with Gasteiger partial charge in [-0.15, -0.1) is 0 Å². The normalized spacial score (nSPS) is 25.1. The van der Waals surface area contributed by atoms with Crippen molar-refractivity contribution in [1.82, 2.24) is 5.32 Å². The maximum absolute atomic E-state index is 3.29. The fraction of sp³-hybridized carbons (Fsp3) is 0.538. The van der Waals surface area contributed by atoms with Crippen LogP contribution in [0.15, 0.2) is 18.2 Å². The minimum atomic E-state index is 0.727. The molecule has 1 aromatic rings. The number of aryl methyl sites for hydroxylation is 1. The van der Waals surface area contributed by atoms with Crippen LogP contribution in [0.4, 0.5) is 0 Å². The summed E-state index contributed by atoms with van der Waals surface area (Å²) < 4.78 is 0. The van der Waals surface area contributed by atoms with Gasteiger partial charge in [0.1, 0.15) is 0 Å². The van der Waals surface area contributed by atoms with Crippen molar-refractivity contribution in [3.8, 4) is 0 Å². The first kappa shape index (κ1) is 9.72. The van der Waals surface area contributed by atoms with Gasteiger partial charge in [-0.25, -0.2) is 0 Å². The quantitative estimate of drug-likeness (QED) is 0.754. The van der Waals surface area contributed by atoms with E-state index in [2.05, 4.69) is 37.4 Å². The zero-order chi connectivity index (χ0) is 10.1. The maximum atomic E-state index is 3.29. The van der Waals surface area contributed by atoms with Crippen molar-refractivity contribution in [1.29, 1.82) is 0 Å². The van der Waals surface area contributed by atoms with Gasteiger partial charge in [-0.1, -0.05) is 30.7 Å². The van der Waals surface area contributed by atoms with Crippen LogP contribution in [0.2, 0.25) is 0 Å². The molecule has 2 atom stereocenters. The van der Waals surface area contributed by atoms with E-state index in [0.717, 1.165) is 18.4 Å². The van der Waals surface area contributed by atoms with E-state index < -0.39 is 0 Å². The Balaban J connectivity index is 2.34. The number of hydrogen-bond donors (Lipinski definition) is 1. The van der Waals surface area contributed by atoms with Gasteiger partial charge < -0.3 is 5.32 Å². The molecule has 0 heterocycles. The molecular weight excluding hydrogens is 170 g/mol. The lowest BCUT2D eigenvalue weighted by molar-refractivity contribution is 0.584. The average molecular weight is 189 g/mol.